The molecule has 0 saturated carbocycles. The molecule has 2 nitrogen and oxygen atoms in total. The zero-order chi connectivity index (χ0) is 8.55. The van der Waals surface area contributed by atoms with Gasteiger partial charge >= 0.3 is 0 Å². The van der Waals surface area contributed by atoms with Crippen LogP contribution in [-0.2, 0) is 0 Å². The number of aryl methyl sites for hydroxylation is 2. The van der Waals surface area contributed by atoms with Crippen LogP contribution in [-0.4, -0.2) is 10.2 Å². The van der Waals surface area contributed by atoms with Gasteiger partial charge in [-0.15, -0.1) is 0 Å². The molecular formula is C10H10N2. The number of nitrogens with zero attached hydrogens (tertiary/aromatic N) is 2. The molecular weight excluding hydrogens is 148 g/mol. The molecule has 12 heavy (non-hydrogen) atoms. The van der Waals surface area contributed by atoms with Crippen LogP contribution in [0.25, 0.3) is 10.8 Å². The van der Waals surface area contributed by atoms with E-state index in [1.165, 1.54) is 21.9 Å². The number of hydrogen-bond acceptors (Lipinski definition) is 2. The van der Waals surface area contributed by atoms with E-state index in [1.54, 1.807) is 6.20 Å². The average Bonchev–Trinajstić information content (AvgIpc) is 2.04. The van der Waals surface area contributed by atoms with Crippen LogP contribution in [0.2, 0.25) is 0 Å². The molecule has 0 spiro atoms. The van der Waals surface area contributed by atoms with E-state index >= 15 is 0 Å². The van der Waals surface area contributed by atoms with Gasteiger partial charge in [0, 0.05) is 10.8 Å². The third kappa shape index (κ3) is 1.05. The van der Waals surface area contributed by atoms with Crippen LogP contribution in [0.15, 0.2) is 24.5 Å². The van der Waals surface area contributed by atoms with Gasteiger partial charge in [-0.2, -0.15) is 10.2 Å². The number of fused-ring (bicyclic) bond motifs is 1. The molecule has 2 rings (SSSR count). The van der Waals surface area contributed by atoms with Crippen molar-refractivity contribution in [3.63, 3.8) is 0 Å². The first-order valence-corrected chi connectivity index (χ1v) is 3.95. The van der Waals surface area contributed by atoms with Crippen molar-refractivity contribution in [1.29, 1.82) is 0 Å². The first-order valence-electron chi connectivity index (χ1n) is 3.95. The second-order valence-electron chi connectivity index (χ2n) is 3.07. The number of aromatic nitrogens is 2. The fourth-order valence-corrected chi connectivity index (χ4v) is 1.48. The minimum atomic E-state index is 1.17. The normalized spacial score (nSPS) is 10.5. The van der Waals surface area contributed by atoms with E-state index in [9.17, 15) is 0 Å². The summed E-state index contributed by atoms with van der Waals surface area (Å²) in [6, 6.07) is 4.28. The third-order valence-electron chi connectivity index (χ3n) is 2.01. The lowest BCUT2D eigenvalue weighted by Crippen LogP contribution is -1.85. The van der Waals surface area contributed by atoms with Crippen molar-refractivity contribution in [1.82, 2.24) is 10.2 Å². The van der Waals surface area contributed by atoms with E-state index in [4.69, 9.17) is 0 Å². The number of rotatable bonds is 0. The Morgan fingerprint density at radius 1 is 1.00 bits per heavy atom. The van der Waals surface area contributed by atoms with Gasteiger partial charge < -0.3 is 0 Å². The van der Waals surface area contributed by atoms with Crippen molar-refractivity contribution in [2.75, 3.05) is 0 Å². The molecule has 0 atom stereocenters. The molecule has 0 amide bonds. The summed E-state index contributed by atoms with van der Waals surface area (Å²) in [5.41, 5.74) is 2.54. The lowest BCUT2D eigenvalue weighted by Gasteiger charge is -2.01. The highest BCUT2D eigenvalue weighted by Gasteiger charge is 1.97. The summed E-state index contributed by atoms with van der Waals surface area (Å²) in [4.78, 5) is 0. The quantitative estimate of drug-likeness (QED) is 0.587. The molecule has 0 fully saturated rings. The molecule has 0 saturated heterocycles. The molecule has 0 radical (unpaired) electrons. The molecule has 0 aliphatic heterocycles. The van der Waals surface area contributed by atoms with E-state index in [2.05, 4.69) is 36.2 Å². The fourth-order valence-electron chi connectivity index (χ4n) is 1.48. The minimum Gasteiger partial charge on any atom is -0.158 e. The summed E-state index contributed by atoms with van der Waals surface area (Å²) < 4.78 is 0. The SMILES string of the molecule is Cc1cc(C)c2cnncc2c1. The molecule has 1 aromatic heterocycles. The maximum Gasteiger partial charge on any atom is 0.0577 e. The average molecular weight is 158 g/mol. The maximum atomic E-state index is 3.85. The Kier molecular flexibility index (Phi) is 1.54. The molecule has 0 unspecified atom stereocenters. The summed E-state index contributed by atoms with van der Waals surface area (Å²) in [5, 5.41) is 10.1. The minimum absolute atomic E-state index is 1.17. The molecule has 60 valence electrons. The molecule has 0 aliphatic rings. The highest BCUT2D eigenvalue weighted by Crippen LogP contribution is 2.17. The van der Waals surface area contributed by atoms with Crippen molar-refractivity contribution < 1.29 is 0 Å². The van der Waals surface area contributed by atoms with Gasteiger partial charge in [0.25, 0.3) is 0 Å². The lowest BCUT2D eigenvalue weighted by molar-refractivity contribution is 1.05. The van der Waals surface area contributed by atoms with E-state index in [1.807, 2.05) is 6.20 Å². The van der Waals surface area contributed by atoms with Crippen LogP contribution in [0.1, 0.15) is 11.1 Å². The van der Waals surface area contributed by atoms with E-state index in [0.717, 1.165) is 0 Å². The van der Waals surface area contributed by atoms with E-state index in [0.29, 0.717) is 0 Å². The van der Waals surface area contributed by atoms with E-state index < -0.39 is 0 Å². The summed E-state index contributed by atoms with van der Waals surface area (Å²) in [6.07, 6.45) is 3.61. The largest absolute Gasteiger partial charge is 0.158 e. The van der Waals surface area contributed by atoms with Gasteiger partial charge in [-0.1, -0.05) is 11.6 Å². The van der Waals surface area contributed by atoms with Gasteiger partial charge in [0.05, 0.1) is 12.4 Å². The first-order chi connectivity index (χ1) is 5.77. The standard InChI is InChI=1S/C10H10N2/c1-7-3-8(2)10-6-12-11-5-9(10)4-7/h3-6H,1-2H3. The highest BCUT2D eigenvalue weighted by atomic mass is 15.1. The van der Waals surface area contributed by atoms with Crippen LogP contribution in [0.3, 0.4) is 0 Å². The third-order valence-corrected chi connectivity index (χ3v) is 2.01. The number of benzene rings is 1. The van der Waals surface area contributed by atoms with Gasteiger partial charge in [0.2, 0.25) is 0 Å². The first kappa shape index (κ1) is 7.22. The summed E-state index contributed by atoms with van der Waals surface area (Å²) in [7, 11) is 0. The molecule has 2 heteroatoms. The van der Waals surface area contributed by atoms with Crippen LogP contribution in [0.4, 0.5) is 0 Å². The maximum absolute atomic E-state index is 3.85. The van der Waals surface area contributed by atoms with Crippen LogP contribution in [0, 0.1) is 13.8 Å². The zero-order valence-corrected chi connectivity index (χ0v) is 7.20. The predicted octanol–water partition coefficient (Wildman–Crippen LogP) is 2.25. The van der Waals surface area contributed by atoms with Gasteiger partial charge in [-0.05, 0) is 25.5 Å². The predicted molar refractivity (Wildman–Crippen MR) is 49.0 cm³/mol. The molecule has 2 aromatic rings. The number of hydrogen-bond donors (Lipinski definition) is 0. The van der Waals surface area contributed by atoms with Crippen LogP contribution < -0.4 is 0 Å². The summed E-state index contributed by atoms with van der Waals surface area (Å²) in [6.45, 7) is 4.18. The Bertz CT molecular complexity index is 421. The van der Waals surface area contributed by atoms with Crippen LogP contribution >= 0.6 is 0 Å². The Morgan fingerprint density at radius 2 is 1.75 bits per heavy atom. The molecule has 0 N–H and O–H groups in total. The molecule has 1 aromatic carbocycles. The van der Waals surface area contributed by atoms with E-state index in [-0.39, 0.29) is 0 Å². The van der Waals surface area contributed by atoms with Crippen molar-refractivity contribution in [2.45, 2.75) is 13.8 Å². The second-order valence-corrected chi connectivity index (χ2v) is 3.07. The highest BCUT2D eigenvalue weighted by molar-refractivity contribution is 5.84. The topological polar surface area (TPSA) is 25.8 Å². The Labute approximate surface area is 71.3 Å². The van der Waals surface area contributed by atoms with Gasteiger partial charge in [-0.25, -0.2) is 0 Å². The van der Waals surface area contributed by atoms with Crippen molar-refractivity contribution in [3.8, 4) is 0 Å². The second kappa shape index (κ2) is 2.55. The molecule has 1 heterocycles. The van der Waals surface area contributed by atoms with Crippen molar-refractivity contribution in [2.24, 2.45) is 0 Å². The fraction of sp³-hybridized carbons (Fsp3) is 0.200. The van der Waals surface area contributed by atoms with Gasteiger partial charge in [0.15, 0.2) is 0 Å². The Morgan fingerprint density at radius 3 is 2.58 bits per heavy atom. The zero-order valence-electron chi connectivity index (χ0n) is 7.20. The Hall–Kier alpha value is -1.44. The summed E-state index contributed by atoms with van der Waals surface area (Å²) in [5.74, 6) is 0. The Balaban J connectivity index is 2.89. The smallest absolute Gasteiger partial charge is 0.0577 e. The van der Waals surface area contributed by atoms with Crippen molar-refractivity contribution >= 4 is 10.8 Å². The van der Waals surface area contributed by atoms with Crippen LogP contribution in [0.5, 0.6) is 0 Å². The molecule has 0 bridgehead atoms. The monoisotopic (exact) mass is 158 g/mol. The summed E-state index contributed by atoms with van der Waals surface area (Å²) >= 11 is 0. The van der Waals surface area contributed by atoms with Gasteiger partial charge in [0.1, 0.15) is 0 Å². The van der Waals surface area contributed by atoms with Crippen molar-refractivity contribution in [3.05, 3.63) is 35.7 Å². The lowest BCUT2D eigenvalue weighted by atomic mass is 10.1. The molecule has 0 aliphatic carbocycles. The van der Waals surface area contributed by atoms with Gasteiger partial charge in [-0.3, -0.25) is 0 Å².